The fourth-order valence-corrected chi connectivity index (χ4v) is 2.33. The number of halogens is 1. The number of piperazine rings is 1. The summed E-state index contributed by atoms with van der Waals surface area (Å²) in [7, 11) is 1.73. The Labute approximate surface area is 113 Å². The van der Waals surface area contributed by atoms with Crippen LogP contribution in [0.4, 0.5) is 16.2 Å². The standard InChI is InChI=1S/C13H22FN5/c1-4-10(2)18-5-7-19(8-6-18)12-11(14)9-16-13(15-3)17-12/h9-10H,4-8H2,1-3H3,(H,15,16,17). The molecule has 0 spiro atoms. The van der Waals surface area contributed by atoms with Gasteiger partial charge < -0.3 is 10.2 Å². The van der Waals surface area contributed by atoms with Crippen molar-refractivity contribution in [2.45, 2.75) is 26.3 Å². The maximum Gasteiger partial charge on any atom is 0.224 e. The number of aromatic nitrogens is 2. The van der Waals surface area contributed by atoms with Gasteiger partial charge in [0.2, 0.25) is 5.95 Å². The van der Waals surface area contributed by atoms with E-state index in [-0.39, 0.29) is 5.82 Å². The first-order valence-corrected chi connectivity index (χ1v) is 6.85. The maximum atomic E-state index is 13.8. The van der Waals surface area contributed by atoms with Crippen molar-refractivity contribution < 1.29 is 4.39 Å². The van der Waals surface area contributed by atoms with Crippen molar-refractivity contribution in [3.05, 3.63) is 12.0 Å². The predicted molar refractivity (Wildman–Crippen MR) is 75.1 cm³/mol. The molecule has 1 aromatic rings. The topological polar surface area (TPSA) is 44.3 Å². The molecule has 1 saturated heterocycles. The zero-order valence-electron chi connectivity index (χ0n) is 11.9. The molecular formula is C13H22FN5. The van der Waals surface area contributed by atoms with Gasteiger partial charge in [-0.1, -0.05) is 6.92 Å². The smallest absolute Gasteiger partial charge is 0.224 e. The van der Waals surface area contributed by atoms with E-state index >= 15 is 0 Å². The van der Waals surface area contributed by atoms with E-state index < -0.39 is 0 Å². The zero-order valence-corrected chi connectivity index (χ0v) is 11.9. The number of hydrogen-bond acceptors (Lipinski definition) is 5. The van der Waals surface area contributed by atoms with Gasteiger partial charge >= 0.3 is 0 Å². The van der Waals surface area contributed by atoms with Crippen LogP contribution in [-0.2, 0) is 0 Å². The molecule has 1 aliphatic rings. The molecule has 2 heterocycles. The first kappa shape index (κ1) is 14.0. The number of anilines is 2. The molecule has 1 atom stereocenters. The molecular weight excluding hydrogens is 245 g/mol. The normalized spacial score (nSPS) is 18.4. The Kier molecular flexibility index (Phi) is 4.52. The van der Waals surface area contributed by atoms with Gasteiger partial charge in [-0.05, 0) is 13.3 Å². The number of nitrogens with zero attached hydrogens (tertiary/aromatic N) is 4. The van der Waals surface area contributed by atoms with Gasteiger partial charge in [0.25, 0.3) is 0 Å². The van der Waals surface area contributed by atoms with E-state index in [0.717, 1.165) is 32.6 Å². The lowest BCUT2D eigenvalue weighted by atomic mass is 10.2. The van der Waals surface area contributed by atoms with Gasteiger partial charge in [-0.25, -0.2) is 9.37 Å². The molecule has 0 aliphatic carbocycles. The number of nitrogens with one attached hydrogen (secondary N) is 1. The van der Waals surface area contributed by atoms with Crippen LogP contribution in [0.3, 0.4) is 0 Å². The minimum Gasteiger partial charge on any atom is -0.357 e. The summed E-state index contributed by atoms with van der Waals surface area (Å²) in [6.45, 7) is 7.95. The van der Waals surface area contributed by atoms with Crippen LogP contribution >= 0.6 is 0 Å². The molecule has 106 valence electrons. The van der Waals surface area contributed by atoms with Crippen molar-refractivity contribution in [1.82, 2.24) is 14.9 Å². The van der Waals surface area contributed by atoms with Crippen molar-refractivity contribution in [3.8, 4) is 0 Å². The summed E-state index contributed by atoms with van der Waals surface area (Å²) in [5, 5.41) is 2.84. The zero-order chi connectivity index (χ0) is 13.8. The van der Waals surface area contributed by atoms with Crippen LogP contribution in [0.5, 0.6) is 0 Å². The van der Waals surface area contributed by atoms with Gasteiger partial charge in [0, 0.05) is 39.3 Å². The van der Waals surface area contributed by atoms with Gasteiger partial charge in [-0.2, -0.15) is 4.98 Å². The first-order valence-electron chi connectivity index (χ1n) is 6.85. The molecule has 19 heavy (non-hydrogen) atoms. The minimum absolute atomic E-state index is 0.351. The van der Waals surface area contributed by atoms with Crippen molar-refractivity contribution in [1.29, 1.82) is 0 Å². The van der Waals surface area contributed by atoms with Crippen molar-refractivity contribution in [2.24, 2.45) is 0 Å². The molecule has 2 rings (SSSR count). The Morgan fingerprint density at radius 2 is 2.05 bits per heavy atom. The van der Waals surface area contributed by atoms with E-state index in [9.17, 15) is 4.39 Å². The SMILES string of the molecule is CCC(C)N1CCN(c2nc(NC)ncc2F)CC1. The van der Waals surface area contributed by atoms with Crippen LogP contribution in [0.25, 0.3) is 0 Å². The number of hydrogen-bond donors (Lipinski definition) is 1. The summed E-state index contributed by atoms with van der Waals surface area (Å²) in [4.78, 5) is 12.5. The second-order valence-electron chi connectivity index (χ2n) is 4.90. The maximum absolute atomic E-state index is 13.8. The van der Waals surface area contributed by atoms with Gasteiger partial charge in [0.1, 0.15) is 0 Å². The minimum atomic E-state index is -0.351. The quantitative estimate of drug-likeness (QED) is 0.897. The highest BCUT2D eigenvalue weighted by molar-refractivity contribution is 5.44. The fourth-order valence-electron chi connectivity index (χ4n) is 2.33. The van der Waals surface area contributed by atoms with Gasteiger partial charge in [-0.3, -0.25) is 4.90 Å². The molecule has 0 saturated carbocycles. The summed E-state index contributed by atoms with van der Waals surface area (Å²) in [5.41, 5.74) is 0. The highest BCUT2D eigenvalue weighted by Gasteiger charge is 2.23. The average Bonchev–Trinajstić information content (AvgIpc) is 2.47. The van der Waals surface area contributed by atoms with E-state index in [4.69, 9.17) is 0 Å². The molecule has 1 aliphatic heterocycles. The van der Waals surface area contributed by atoms with E-state index in [1.807, 2.05) is 4.90 Å². The monoisotopic (exact) mass is 267 g/mol. The highest BCUT2D eigenvalue weighted by Crippen LogP contribution is 2.19. The second kappa shape index (κ2) is 6.14. The molecule has 1 unspecified atom stereocenters. The molecule has 1 fully saturated rings. The molecule has 5 nitrogen and oxygen atoms in total. The Morgan fingerprint density at radius 1 is 1.37 bits per heavy atom. The molecule has 0 aromatic carbocycles. The average molecular weight is 267 g/mol. The Morgan fingerprint density at radius 3 is 2.63 bits per heavy atom. The lowest BCUT2D eigenvalue weighted by molar-refractivity contribution is 0.192. The molecule has 0 bridgehead atoms. The summed E-state index contributed by atoms with van der Waals surface area (Å²) in [5.74, 6) is 0.514. The van der Waals surface area contributed by atoms with E-state index in [2.05, 4.69) is 34.0 Å². The summed E-state index contributed by atoms with van der Waals surface area (Å²) < 4.78 is 13.8. The van der Waals surface area contributed by atoms with E-state index in [1.54, 1.807) is 7.05 Å². The van der Waals surface area contributed by atoms with E-state index in [0.29, 0.717) is 17.8 Å². The fraction of sp³-hybridized carbons (Fsp3) is 0.692. The lowest BCUT2D eigenvalue weighted by Crippen LogP contribution is -2.50. The molecule has 1 aromatic heterocycles. The van der Waals surface area contributed by atoms with Crippen LogP contribution in [0.15, 0.2) is 6.20 Å². The van der Waals surface area contributed by atoms with Gasteiger partial charge in [0.05, 0.1) is 6.20 Å². The first-order chi connectivity index (χ1) is 9.15. The molecule has 0 radical (unpaired) electrons. The number of rotatable bonds is 4. The van der Waals surface area contributed by atoms with Crippen LogP contribution in [0, 0.1) is 5.82 Å². The summed E-state index contributed by atoms with van der Waals surface area (Å²) in [6, 6.07) is 0.588. The third kappa shape index (κ3) is 3.12. The van der Waals surface area contributed by atoms with E-state index in [1.165, 1.54) is 6.20 Å². The van der Waals surface area contributed by atoms with Crippen LogP contribution in [0.1, 0.15) is 20.3 Å². The largest absolute Gasteiger partial charge is 0.357 e. The Bertz CT molecular complexity index is 417. The predicted octanol–water partition coefficient (Wildman–Crippen LogP) is 1.58. The highest BCUT2D eigenvalue weighted by atomic mass is 19.1. The van der Waals surface area contributed by atoms with Crippen molar-refractivity contribution >= 4 is 11.8 Å². The van der Waals surface area contributed by atoms with Crippen LogP contribution < -0.4 is 10.2 Å². The van der Waals surface area contributed by atoms with Crippen LogP contribution in [0.2, 0.25) is 0 Å². The molecule has 0 amide bonds. The van der Waals surface area contributed by atoms with Crippen LogP contribution in [-0.4, -0.2) is 54.1 Å². The van der Waals surface area contributed by atoms with Gasteiger partial charge in [-0.15, -0.1) is 0 Å². The lowest BCUT2D eigenvalue weighted by Gasteiger charge is -2.38. The molecule has 1 N–H and O–H groups in total. The van der Waals surface area contributed by atoms with Crippen molar-refractivity contribution in [3.63, 3.8) is 0 Å². The Hall–Kier alpha value is -1.43. The summed E-state index contributed by atoms with van der Waals surface area (Å²) in [6.07, 6.45) is 2.38. The molecule has 6 heteroatoms. The third-order valence-corrected chi connectivity index (χ3v) is 3.78. The third-order valence-electron chi connectivity index (χ3n) is 3.78. The summed E-state index contributed by atoms with van der Waals surface area (Å²) >= 11 is 0. The Balaban J connectivity index is 2.05. The second-order valence-corrected chi connectivity index (χ2v) is 4.90. The van der Waals surface area contributed by atoms with Crippen molar-refractivity contribution in [2.75, 3.05) is 43.4 Å². The van der Waals surface area contributed by atoms with Gasteiger partial charge in [0.15, 0.2) is 11.6 Å².